The highest BCUT2D eigenvalue weighted by Crippen LogP contribution is 2.25. The molecule has 4 rings (SSSR count). The fraction of sp³-hybridized carbons (Fsp3) is 0.0952. The number of benzene rings is 2. The van der Waals surface area contributed by atoms with E-state index in [1.807, 2.05) is 24.3 Å². The molecule has 1 aliphatic rings. The van der Waals surface area contributed by atoms with Crippen LogP contribution in [0.5, 0.6) is 0 Å². The molecule has 1 fully saturated rings. The summed E-state index contributed by atoms with van der Waals surface area (Å²) < 4.78 is 15.7. The van der Waals surface area contributed by atoms with Crippen molar-refractivity contribution < 1.29 is 14.0 Å². The first-order chi connectivity index (χ1) is 13.6. The average Bonchev–Trinajstić information content (AvgIpc) is 3.16. The van der Waals surface area contributed by atoms with Crippen molar-refractivity contribution in [1.82, 2.24) is 14.8 Å². The van der Waals surface area contributed by atoms with Gasteiger partial charge in [0.1, 0.15) is 18.1 Å². The lowest BCUT2D eigenvalue weighted by Gasteiger charge is -2.12. The van der Waals surface area contributed by atoms with Gasteiger partial charge in [0.05, 0.1) is 12.6 Å². The first-order valence-electron chi connectivity index (χ1n) is 8.61. The van der Waals surface area contributed by atoms with E-state index < -0.39 is 17.8 Å². The van der Waals surface area contributed by atoms with Crippen LogP contribution in [0.3, 0.4) is 0 Å². The van der Waals surface area contributed by atoms with Crippen molar-refractivity contribution in [2.45, 2.75) is 13.1 Å². The summed E-state index contributed by atoms with van der Waals surface area (Å²) in [5.74, 6) is -0.995. The molecular formula is C21H15FN4O2. The molecule has 1 aliphatic heterocycles. The fourth-order valence-electron chi connectivity index (χ4n) is 3.26. The molecule has 2 aromatic carbocycles. The van der Waals surface area contributed by atoms with Crippen molar-refractivity contribution in [2.75, 3.05) is 0 Å². The second-order valence-corrected chi connectivity index (χ2v) is 6.36. The van der Waals surface area contributed by atoms with E-state index in [9.17, 15) is 14.0 Å². The summed E-state index contributed by atoms with van der Waals surface area (Å²) in [5, 5.41) is 12.4. The van der Waals surface area contributed by atoms with Crippen molar-refractivity contribution >= 4 is 28.9 Å². The van der Waals surface area contributed by atoms with Crippen LogP contribution in [0.15, 0.2) is 60.4 Å². The molecule has 6 nitrogen and oxygen atoms in total. The molecule has 7 heteroatoms. The monoisotopic (exact) mass is 374 g/mol. The van der Waals surface area contributed by atoms with Gasteiger partial charge in [-0.1, -0.05) is 36.4 Å². The van der Waals surface area contributed by atoms with E-state index in [2.05, 4.69) is 11.4 Å². The van der Waals surface area contributed by atoms with E-state index >= 15 is 0 Å². The van der Waals surface area contributed by atoms with E-state index in [1.54, 1.807) is 29.0 Å². The van der Waals surface area contributed by atoms with E-state index in [-0.39, 0.29) is 24.4 Å². The Morgan fingerprint density at radius 2 is 1.86 bits per heavy atom. The molecule has 138 valence electrons. The highest BCUT2D eigenvalue weighted by Gasteiger charge is 2.34. The lowest BCUT2D eigenvalue weighted by Crippen LogP contribution is -2.30. The summed E-state index contributed by atoms with van der Waals surface area (Å²) in [7, 11) is 0. The minimum Gasteiger partial charge on any atom is -0.333 e. The molecule has 0 atom stereocenters. The molecule has 0 spiro atoms. The molecule has 0 radical (unpaired) electrons. The minimum atomic E-state index is -0.597. The predicted octanol–water partition coefficient (Wildman–Crippen LogP) is 3.40. The van der Waals surface area contributed by atoms with Gasteiger partial charge < -0.3 is 9.88 Å². The molecule has 0 bridgehead atoms. The van der Waals surface area contributed by atoms with Crippen molar-refractivity contribution in [3.8, 4) is 6.07 Å². The molecule has 28 heavy (non-hydrogen) atoms. The molecular weight excluding hydrogens is 359 g/mol. The van der Waals surface area contributed by atoms with E-state index in [0.717, 1.165) is 15.8 Å². The van der Waals surface area contributed by atoms with Gasteiger partial charge in [-0.15, -0.1) is 0 Å². The number of carbonyl (C=O) groups excluding carboxylic acids is 2. The first-order valence-corrected chi connectivity index (χ1v) is 8.61. The Labute approximate surface area is 160 Å². The zero-order valence-corrected chi connectivity index (χ0v) is 14.7. The molecule has 2 heterocycles. The van der Waals surface area contributed by atoms with Gasteiger partial charge in [0.2, 0.25) is 0 Å². The van der Waals surface area contributed by atoms with Crippen LogP contribution in [0.4, 0.5) is 9.18 Å². The summed E-state index contributed by atoms with van der Waals surface area (Å²) in [6, 6.07) is 15.0. The van der Waals surface area contributed by atoms with Crippen molar-refractivity contribution in [3.05, 3.63) is 77.4 Å². The van der Waals surface area contributed by atoms with Crippen LogP contribution >= 0.6 is 0 Å². The zero-order chi connectivity index (χ0) is 19.7. The van der Waals surface area contributed by atoms with Crippen LogP contribution in [-0.4, -0.2) is 21.4 Å². The first kappa shape index (κ1) is 17.5. The molecule has 1 aromatic heterocycles. The summed E-state index contributed by atoms with van der Waals surface area (Å²) in [6.45, 7) is 0.0221. The second-order valence-electron chi connectivity index (χ2n) is 6.36. The lowest BCUT2D eigenvalue weighted by molar-refractivity contribution is -0.123. The van der Waals surface area contributed by atoms with Gasteiger partial charge in [-0.05, 0) is 18.2 Å². The molecule has 0 unspecified atom stereocenters. The smallest absolute Gasteiger partial charge is 0.329 e. The number of hydrogen-bond acceptors (Lipinski definition) is 3. The molecule has 3 aromatic rings. The number of urea groups is 1. The third-order valence-corrected chi connectivity index (χ3v) is 4.61. The number of carbonyl (C=O) groups is 2. The summed E-state index contributed by atoms with van der Waals surface area (Å²) in [5.41, 5.74) is 1.94. The predicted molar refractivity (Wildman–Crippen MR) is 101 cm³/mol. The summed E-state index contributed by atoms with van der Waals surface area (Å²) >= 11 is 0. The molecule has 1 N–H and O–H groups in total. The largest absolute Gasteiger partial charge is 0.333 e. The van der Waals surface area contributed by atoms with E-state index in [1.165, 1.54) is 12.1 Å². The summed E-state index contributed by atoms with van der Waals surface area (Å²) in [6.07, 6.45) is 3.34. The topological polar surface area (TPSA) is 78.1 Å². The average molecular weight is 374 g/mol. The number of halogens is 1. The van der Waals surface area contributed by atoms with Crippen LogP contribution < -0.4 is 5.32 Å². The molecule has 0 saturated carbocycles. The number of aromatic nitrogens is 1. The van der Waals surface area contributed by atoms with Crippen LogP contribution in [0.1, 0.15) is 11.1 Å². The van der Waals surface area contributed by atoms with Crippen LogP contribution in [0.2, 0.25) is 0 Å². The number of imide groups is 1. The van der Waals surface area contributed by atoms with E-state index in [0.29, 0.717) is 5.56 Å². The van der Waals surface area contributed by atoms with E-state index in [4.69, 9.17) is 5.26 Å². The number of amides is 3. The highest BCUT2D eigenvalue weighted by molar-refractivity contribution is 6.14. The maximum absolute atomic E-state index is 13.9. The van der Waals surface area contributed by atoms with Gasteiger partial charge in [0.15, 0.2) is 0 Å². The van der Waals surface area contributed by atoms with Gasteiger partial charge in [-0.25, -0.2) is 9.18 Å². The number of rotatable bonds is 4. The maximum atomic E-state index is 13.9. The molecule has 0 aliphatic carbocycles. The third-order valence-electron chi connectivity index (χ3n) is 4.61. The van der Waals surface area contributed by atoms with Gasteiger partial charge in [0.25, 0.3) is 5.91 Å². The second kappa shape index (κ2) is 7.00. The fourth-order valence-corrected chi connectivity index (χ4v) is 3.26. The Bertz CT molecular complexity index is 1170. The van der Waals surface area contributed by atoms with Crippen molar-refractivity contribution in [3.63, 3.8) is 0 Å². The van der Waals surface area contributed by atoms with Crippen LogP contribution in [0, 0.1) is 17.1 Å². The lowest BCUT2D eigenvalue weighted by atomic mass is 10.1. The minimum absolute atomic E-state index is 0.112. The number of nitrogens with zero attached hydrogens (tertiary/aromatic N) is 3. The Kier molecular flexibility index (Phi) is 4.38. The van der Waals surface area contributed by atoms with Crippen molar-refractivity contribution in [1.29, 1.82) is 5.26 Å². The van der Waals surface area contributed by atoms with Crippen LogP contribution in [-0.2, 0) is 17.9 Å². The van der Waals surface area contributed by atoms with Crippen LogP contribution in [0.25, 0.3) is 17.0 Å². The number of fused-ring (bicyclic) bond motifs is 1. The Morgan fingerprint density at radius 1 is 1.11 bits per heavy atom. The Balaban J connectivity index is 1.67. The van der Waals surface area contributed by atoms with Crippen molar-refractivity contribution in [2.24, 2.45) is 0 Å². The Morgan fingerprint density at radius 3 is 2.64 bits per heavy atom. The number of para-hydroxylation sites is 1. The van der Waals surface area contributed by atoms with Gasteiger partial charge >= 0.3 is 6.03 Å². The number of hydrogen-bond donors (Lipinski definition) is 1. The maximum Gasteiger partial charge on any atom is 0.329 e. The van der Waals surface area contributed by atoms with Gasteiger partial charge in [-0.2, -0.15) is 5.26 Å². The molecule has 1 saturated heterocycles. The van der Waals surface area contributed by atoms with Gasteiger partial charge in [-0.3, -0.25) is 9.69 Å². The normalized spacial score (nSPS) is 15.3. The standard InChI is InChI=1S/C21H15FN4O2/c22-17-7-3-1-5-14(17)13-26-20(27)18(24-21(26)28)11-15-12-25(10-9-23)19-8-4-2-6-16(15)19/h1-8,11-12H,10,13H2,(H,24,28)/b18-11-. The number of nitrogens with one attached hydrogen (secondary N) is 1. The highest BCUT2D eigenvalue weighted by atomic mass is 19.1. The summed E-state index contributed by atoms with van der Waals surface area (Å²) in [4.78, 5) is 25.9. The number of nitriles is 1. The zero-order valence-electron chi connectivity index (χ0n) is 14.7. The van der Waals surface area contributed by atoms with Gasteiger partial charge in [0, 0.05) is 28.2 Å². The third kappa shape index (κ3) is 3.01. The SMILES string of the molecule is N#CCn1cc(/C=C2\NC(=O)N(Cc3ccccc3F)C2=O)c2ccccc21. The quantitative estimate of drug-likeness (QED) is 0.562. The molecule has 3 amide bonds. The Hall–Kier alpha value is -3.92.